The number of alkyl carbamates (subject to hydrolysis) is 1. The Bertz CT molecular complexity index is 769. The molecule has 1 saturated heterocycles. The van der Waals surface area contributed by atoms with E-state index in [1.54, 1.807) is 11.8 Å². The molecule has 1 aliphatic heterocycles. The van der Waals surface area contributed by atoms with E-state index >= 15 is 0 Å². The molecular formula is C26H47N5O4S. The Morgan fingerprint density at radius 3 is 2.44 bits per heavy atom. The summed E-state index contributed by atoms with van der Waals surface area (Å²) in [5.41, 5.74) is 5.81. The van der Waals surface area contributed by atoms with Gasteiger partial charge in [0, 0.05) is 23.8 Å². The summed E-state index contributed by atoms with van der Waals surface area (Å²) in [6, 6.07) is -1.62. The molecule has 0 spiro atoms. The predicted octanol–water partition coefficient (Wildman–Crippen LogP) is 3.51. The maximum atomic E-state index is 14.0. The third-order valence-electron chi connectivity index (χ3n) is 7.05. The van der Waals surface area contributed by atoms with Gasteiger partial charge in [0.1, 0.15) is 12.1 Å². The third-order valence-corrected chi connectivity index (χ3v) is 8.86. The van der Waals surface area contributed by atoms with Gasteiger partial charge in [0.15, 0.2) is 0 Å². The molecule has 10 heteroatoms. The summed E-state index contributed by atoms with van der Waals surface area (Å²) >= 11 is 1.61. The summed E-state index contributed by atoms with van der Waals surface area (Å²) in [6.45, 7) is 11.0. The van der Waals surface area contributed by atoms with Crippen molar-refractivity contribution in [2.75, 3.05) is 25.4 Å². The Labute approximate surface area is 220 Å². The number of likely N-dealkylation sites (tertiary alicyclic amines) is 1. The largest absolute Gasteiger partial charge is 0.450 e. The van der Waals surface area contributed by atoms with Crippen LogP contribution in [0.4, 0.5) is 4.79 Å². The van der Waals surface area contributed by atoms with Crippen LogP contribution in [0.3, 0.4) is 0 Å². The zero-order valence-corrected chi connectivity index (χ0v) is 23.5. The second-order valence-corrected chi connectivity index (χ2v) is 12.8. The van der Waals surface area contributed by atoms with E-state index in [9.17, 15) is 14.4 Å². The molecule has 3 amide bonds. The molecule has 0 bridgehead atoms. The van der Waals surface area contributed by atoms with Gasteiger partial charge in [0.05, 0.1) is 12.4 Å². The van der Waals surface area contributed by atoms with E-state index in [0.29, 0.717) is 31.2 Å². The summed E-state index contributed by atoms with van der Waals surface area (Å²) < 4.78 is 4.58. The third kappa shape index (κ3) is 8.85. The van der Waals surface area contributed by atoms with Crippen molar-refractivity contribution in [1.29, 1.82) is 5.41 Å². The van der Waals surface area contributed by atoms with Gasteiger partial charge < -0.3 is 26.0 Å². The summed E-state index contributed by atoms with van der Waals surface area (Å²) in [5, 5.41) is 13.8. The van der Waals surface area contributed by atoms with Crippen molar-refractivity contribution < 1.29 is 19.1 Å². The Morgan fingerprint density at radius 2 is 1.86 bits per heavy atom. The highest BCUT2D eigenvalue weighted by Crippen LogP contribution is 2.33. The maximum absolute atomic E-state index is 14.0. The lowest BCUT2D eigenvalue weighted by Crippen LogP contribution is -2.60. The van der Waals surface area contributed by atoms with Gasteiger partial charge in [-0.2, -0.15) is 11.8 Å². The van der Waals surface area contributed by atoms with E-state index in [1.165, 1.54) is 24.2 Å². The normalized spacial score (nSPS) is 21.8. The molecule has 1 aliphatic carbocycles. The first-order chi connectivity index (χ1) is 17.0. The Balaban J connectivity index is 2.23. The van der Waals surface area contributed by atoms with Gasteiger partial charge in [-0.15, -0.1) is 0 Å². The van der Waals surface area contributed by atoms with Gasteiger partial charge in [-0.25, -0.2) is 4.79 Å². The highest BCUT2D eigenvalue weighted by molar-refractivity contribution is 8.00. The number of carbonyl (C=O) groups excluding carboxylic acids is 3. The second kappa shape index (κ2) is 14.1. The lowest BCUT2D eigenvalue weighted by molar-refractivity contribution is -0.140. The standard InChI is InChI=1S/C26H47N5O4S/c1-6-12-35-25(34)30-21(26(4,5)36-16-17(2)3)24(33)31-15-19(22(27)28)13-20(31)23(32)29-14-18-10-8-7-9-11-18/h17-21H,6-16H2,1-5H3,(H3,27,28)(H,29,32)(H,30,34)/t19-,20+,21+/m1/s1. The number of hydrogen-bond acceptors (Lipinski definition) is 6. The number of nitrogens with zero attached hydrogens (tertiary/aromatic N) is 1. The van der Waals surface area contributed by atoms with Crippen molar-refractivity contribution in [3.05, 3.63) is 0 Å². The molecule has 0 aromatic rings. The topological polar surface area (TPSA) is 138 Å². The van der Waals surface area contributed by atoms with Crippen molar-refractivity contribution in [1.82, 2.24) is 15.5 Å². The zero-order valence-electron chi connectivity index (χ0n) is 22.7. The predicted molar refractivity (Wildman–Crippen MR) is 145 cm³/mol. The minimum Gasteiger partial charge on any atom is -0.450 e. The van der Waals surface area contributed by atoms with E-state index in [-0.39, 0.29) is 30.8 Å². The van der Waals surface area contributed by atoms with Gasteiger partial charge in [-0.1, -0.05) is 40.0 Å². The quantitative estimate of drug-likeness (QED) is 0.227. The SMILES string of the molecule is CCCOC(=O)N[C@@H](C(=O)N1C[C@H](C(=N)N)C[C@H]1C(=O)NCC1CCCCC1)C(C)(C)SCC(C)C. The molecule has 9 nitrogen and oxygen atoms in total. The first kappa shape index (κ1) is 30.3. The molecule has 1 saturated carbocycles. The number of carbonyl (C=O) groups is 3. The molecule has 2 fully saturated rings. The van der Waals surface area contributed by atoms with E-state index < -0.39 is 28.8 Å². The number of thioether (sulfide) groups is 1. The molecule has 0 aromatic carbocycles. The molecule has 0 aromatic heterocycles. The lowest BCUT2D eigenvalue weighted by atomic mass is 9.89. The maximum Gasteiger partial charge on any atom is 0.407 e. The minimum atomic E-state index is -0.898. The highest BCUT2D eigenvalue weighted by atomic mass is 32.2. The Kier molecular flexibility index (Phi) is 11.8. The van der Waals surface area contributed by atoms with Crippen LogP contribution in [0, 0.1) is 23.2 Å². The molecule has 1 heterocycles. The van der Waals surface area contributed by atoms with E-state index in [2.05, 4.69) is 24.5 Å². The molecule has 2 rings (SSSR count). The first-order valence-electron chi connectivity index (χ1n) is 13.5. The van der Waals surface area contributed by atoms with Crippen molar-refractivity contribution >= 4 is 35.5 Å². The van der Waals surface area contributed by atoms with Crippen LogP contribution in [-0.2, 0) is 14.3 Å². The molecular weight excluding hydrogens is 478 g/mol. The van der Waals surface area contributed by atoms with Crippen LogP contribution in [0.1, 0.15) is 79.6 Å². The van der Waals surface area contributed by atoms with Crippen LogP contribution in [0.2, 0.25) is 0 Å². The summed E-state index contributed by atoms with van der Waals surface area (Å²) in [4.78, 5) is 41.3. The van der Waals surface area contributed by atoms with E-state index in [0.717, 1.165) is 18.6 Å². The fraction of sp³-hybridized carbons (Fsp3) is 0.846. The molecule has 5 N–H and O–H groups in total. The number of hydrogen-bond donors (Lipinski definition) is 4. The lowest BCUT2D eigenvalue weighted by Gasteiger charge is -2.37. The molecule has 206 valence electrons. The minimum absolute atomic E-state index is 0.0318. The van der Waals surface area contributed by atoms with Crippen molar-refractivity contribution in [2.24, 2.45) is 23.5 Å². The van der Waals surface area contributed by atoms with E-state index in [4.69, 9.17) is 15.9 Å². The van der Waals surface area contributed by atoms with Gasteiger partial charge in [-0.05, 0) is 57.1 Å². The Hall–Kier alpha value is -1.97. The molecule has 0 radical (unpaired) electrons. The van der Waals surface area contributed by atoms with Crippen molar-refractivity contribution in [2.45, 2.75) is 96.4 Å². The van der Waals surface area contributed by atoms with Gasteiger partial charge >= 0.3 is 6.09 Å². The van der Waals surface area contributed by atoms with Crippen molar-refractivity contribution in [3.8, 4) is 0 Å². The molecule has 2 aliphatic rings. The van der Waals surface area contributed by atoms with Crippen LogP contribution in [-0.4, -0.2) is 70.9 Å². The van der Waals surface area contributed by atoms with Gasteiger partial charge in [0.2, 0.25) is 11.8 Å². The zero-order chi connectivity index (χ0) is 26.9. The molecule has 0 unspecified atom stereocenters. The van der Waals surface area contributed by atoms with Crippen LogP contribution < -0.4 is 16.4 Å². The summed E-state index contributed by atoms with van der Waals surface area (Å²) in [5.74, 6) is 0.706. The average molecular weight is 526 g/mol. The average Bonchev–Trinajstić information content (AvgIpc) is 3.29. The van der Waals surface area contributed by atoms with Crippen LogP contribution in [0.5, 0.6) is 0 Å². The fourth-order valence-electron chi connectivity index (χ4n) is 4.83. The second-order valence-electron chi connectivity index (χ2n) is 11.2. The highest BCUT2D eigenvalue weighted by Gasteiger charge is 2.47. The Morgan fingerprint density at radius 1 is 1.19 bits per heavy atom. The summed E-state index contributed by atoms with van der Waals surface area (Å²) in [6.07, 6.45) is 6.17. The van der Waals surface area contributed by atoms with Gasteiger partial charge in [-0.3, -0.25) is 15.0 Å². The number of nitrogens with one attached hydrogen (secondary N) is 3. The fourth-order valence-corrected chi connectivity index (χ4v) is 5.91. The summed E-state index contributed by atoms with van der Waals surface area (Å²) in [7, 11) is 0. The number of ether oxygens (including phenoxy) is 1. The monoisotopic (exact) mass is 525 g/mol. The molecule has 36 heavy (non-hydrogen) atoms. The van der Waals surface area contributed by atoms with Crippen LogP contribution >= 0.6 is 11.8 Å². The van der Waals surface area contributed by atoms with E-state index in [1.807, 2.05) is 20.8 Å². The van der Waals surface area contributed by atoms with Gasteiger partial charge in [0.25, 0.3) is 0 Å². The van der Waals surface area contributed by atoms with Crippen LogP contribution in [0.15, 0.2) is 0 Å². The smallest absolute Gasteiger partial charge is 0.407 e. The first-order valence-corrected chi connectivity index (χ1v) is 14.4. The number of nitrogens with two attached hydrogens (primary N) is 1. The van der Waals surface area contributed by atoms with Crippen LogP contribution in [0.25, 0.3) is 0 Å². The number of amidine groups is 1. The molecule has 3 atom stereocenters. The number of amides is 3. The number of rotatable bonds is 12. The van der Waals surface area contributed by atoms with Crippen molar-refractivity contribution in [3.63, 3.8) is 0 Å².